The van der Waals surface area contributed by atoms with E-state index in [2.05, 4.69) is 22.2 Å². The maximum atomic E-state index is 13.0. The first-order chi connectivity index (χ1) is 16.1. The number of hydrogen-bond donors (Lipinski definition) is 0. The quantitative estimate of drug-likeness (QED) is 0.665. The highest BCUT2D eigenvalue weighted by Gasteiger charge is 2.26. The molecule has 0 aliphatic carbocycles. The van der Waals surface area contributed by atoms with Crippen molar-refractivity contribution < 1.29 is 18.8 Å². The molecule has 33 heavy (non-hydrogen) atoms. The van der Waals surface area contributed by atoms with Crippen molar-refractivity contribution in [1.29, 1.82) is 0 Å². The fourth-order valence-corrected chi connectivity index (χ4v) is 4.90. The van der Waals surface area contributed by atoms with E-state index in [4.69, 9.17) is 20.9 Å². The minimum absolute atomic E-state index is 0.00693. The van der Waals surface area contributed by atoms with Gasteiger partial charge in [-0.3, -0.25) is 9.59 Å². The van der Waals surface area contributed by atoms with Crippen molar-refractivity contribution in [1.82, 2.24) is 15.0 Å². The number of nitrogens with zero attached hydrogens (tertiary/aromatic N) is 3. The molecule has 1 fully saturated rings. The van der Waals surface area contributed by atoms with E-state index >= 15 is 0 Å². The smallest absolute Gasteiger partial charge is 0.223 e. The van der Waals surface area contributed by atoms with E-state index in [0.29, 0.717) is 57.2 Å². The van der Waals surface area contributed by atoms with E-state index in [1.165, 1.54) is 12.0 Å². The molecule has 1 atom stereocenters. The minimum Gasteiger partial charge on any atom is -0.492 e. The molecule has 2 aromatic rings. The molecule has 0 spiro atoms. The largest absolute Gasteiger partial charge is 0.492 e. The van der Waals surface area contributed by atoms with Gasteiger partial charge in [0.2, 0.25) is 11.8 Å². The summed E-state index contributed by atoms with van der Waals surface area (Å²) in [5, 5.41) is 3.95. The lowest BCUT2D eigenvalue weighted by molar-refractivity contribution is -0.136. The summed E-state index contributed by atoms with van der Waals surface area (Å²) in [7, 11) is 0. The average Bonchev–Trinajstić information content (AvgIpc) is 3.25. The molecule has 1 aromatic carbocycles. The van der Waals surface area contributed by atoms with Gasteiger partial charge in [0.05, 0.1) is 6.54 Å². The lowest BCUT2D eigenvalue weighted by atomic mass is 9.95. The molecule has 3 heterocycles. The van der Waals surface area contributed by atoms with Crippen molar-refractivity contribution in [2.24, 2.45) is 0 Å². The zero-order valence-corrected chi connectivity index (χ0v) is 19.8. The topological polar surface area (TPSA) is 75.9 Å². The van der Waals surface area contributed by atoms with Crippen molar-refractivity contribution in [2.45, 2.75) is 63.8 Å². The van der Waals surface area contributed by atoms with E-state index in [0.717, 1.165) is 38.0 Å². The van der Waals surface area contributed by atoms with Crippen LogP contribution in [0.3, 0.4) is 0 Å². The number of ether oxygens (including phenoxy) is 1. The average molecular weight is 474 g/mol. The van der Waals surface area contributed by atoms with Crippen molar-refractivity contribution in [3.8, 4) is 5.75 Å². The van der Waals surface area contributed by atoms with E-state index < -0.39 is 0 Å². The molecule has 1 saturated heterocycles. The van der Waals surface area contributed by atoms with Crippen LogP contribution in [0.25, 0.3) is 0 Å². The highest BCUT2D eigenvalue weighted by Crippen LogP contribution is 2.24. The second-order valence-electron chi connectivity index (χ2n) is 8.87. The van der Waals surface area contributed by atoms with Crippen LogP contribution in [-0.4, -0.2) is 59.1 Å². The number of aryl methyl sites for hydroxylation is 2. The van der Waals surface area contributed by atoms with Gasteiger partial charge in [0.15, 0.2) is 5.15 Å². The van der Waals surface area contributed by atoms with Crippen molar-refractivity contribution in [3.05, 3.63) is 46.8 Å². The van der Waals surface area contributed by atoms with E-state index in [-0.39, 0.29) is 17.0 Å². The summed E-state index contributed by atoms with van der Waals surface area (Å²) in [4.78, 5) is 29.8. The maximum absolute atomic E-state index is 13.0. The van der Waals surface area contributed by atoms with Gasteiger partial charge in [-0.1, -0.05) is 28.9 Å². The standard InChI is InChI=1S/C25H32ClN3O4/c26-23-18-22(33-27-23)11-12-24(30)28-13-4-8-25(31)29-14-2-1-6-20(29)10-9-19-5-3-7-21(17-19)32-16-15-28/h3,5,7,17-18,20H,1-2,4,6,8-16H2. The zero-order chi connectivity index (χ0) is 23.0. The second kappa shape index (κ2) is 11.5. The Morgan fingerprint density at radius 3 is 2.85 bits per heavy atom. The van der Waals surface area contributed by atoms with Gasteiger partial charge in [0, 0.05) is 44.5 Å². The number of rotatable bonds is 3. The lowest BCUT2D eigenvalue weighted by Crippen LogP contribution is -2.44. The van der Waals surface area contributed by atoms with Crippen LogP contribution >= 0.6 is 11.6 Å². The van der Waals surface area contributed by atoms with Crippen LogP contribution < -0.4 is 4.74 Å². The highest BCUT2D eigenvalue weighted by atomic mass is 35.5. The Morgan fingerprint density at radius 2 is 2.00 bits per heavy atom. The maximum Gasteiger partial charge on any atom is 0.223 e. The number of benzene rings is 1. The summed E-state index contributed by atoms with van der Waals surface area (Å²) in [6.07, 6.45) is 7.07. The van der Waals surface area contributed by atoms with Crippen LogP contribution in [0.5, 0.6) is 5.75 Å². The molecule has 8 heteroatoms. The summed E-state index contributed by atoms with van der Waals surface area (Å²) in [5.41, 5.74) is 1.22. The summed E-state index contributed by atoms with van der Waals surface area (Å²) in [6, 6.07) is 10.1. The third kappa shape index (κ3) is 6.73. The SMILES string of the molecule is O=C(CCc1cc(Cl)no1)N1CCCC(=O)N2CCCCC2CCc2cccc(c2)OCC1. The fourth-order valence-electron chi connectivity index (χ4n) is 4.75. The number of amides is 2. The van der Waals surface area contributed by atoms with Crippen molar-refractivity contribution >= 4 is 23.4 Å². The van der Waals surface area contributed by atoms with Gasteiger partial charge in [-0.2, -0.15) is 0 Å². The molecule has 1 aromatic heterocycles. The normalized spacial score (nSPS) is 20.4. The Labute approximate surface area is 200 Å². The van der Waals surface area contributed by atoms with E-state index in [1.54, 1.807) is 11.0 Å². The van der Waals surface area contributed by atoms with Gasteiger partial charge in [0.1, 0.15) is 18.1 Å². The molecule has 0 N–H and O–H groups in total. The van der Waals surface area contributed by atoms with Crippen molar-refractivity contribution in [2.75, 3.05) is 26.2 Å². The second-order valence-corrected chi connectivity index (χ2v) is 9.26. The molecule has 2 aliphatic heterocycles. The highest BCUT2D eigenvalue weighted by molar-refractivity contribution is 6.29. The van der Waals surface area contributed by atoms with E-state index in [1.807, 2.05) is 12.1 Å². The molecule has 0 radical (unpaired) electrons. The predicted molar refractivity (Wildman–Crippen MR) is 125 cm³/mol. The summed E-state index contributed by atoms with van der Waals surface area (Å²) in [6.45, 7) is 2.26. The van der Waals surface area contributed by atoms with Gasteiger partial charge < -0.3 is 19.1 Å². The molecule has 1 unspecified atom stereocenters. The van der Waals surface area contributed by atoms with Gasteiger partial charge in [0.25, 0.3) is 0 Å². The number of hydrogen-bond acceptors (Lipinski definition) is 5. The van der Waals surface area contributed by atoms with Crippen LogP contribution in [0.1, 0.15) is 56.3 Å². The summed E-state index contributed by atoms with van der Waals surface area (Å²) in [5.74, 6) is 1.63. The van der Waals surface area contributed by atoms with Crippen molar-refractivity contribution in [3.63, 3.8) is 0 Å². The molecule has 2 amide bonds. The molecule has 2 bridgehead atoms. The Bertz CT molecular complexity index is 947. The Hall–Kier alpha value is -2.54. The predicted octanol–water partition coefficient (Wildman–Crippen LogP) is 4.28. The van der Waals surface area contributed by atoms with E-state index in [9.17, 15) is 9.59 Å². The summed E-state index contributed by atoms with van der Waals surface area (Å²) >= 11 is 5.80. The monoisotopic (exact) mass is 473 g/mol. The van der Waals surface area contributed by atoms with Gasteiger partial charge in [-0.25, -0.2) is 0 Å². The fraction of sp³-hybridized carbons (Fsp3) is 0.560. The van der Waals surface area contributed by atoms with Crippen LogP contribution in [0.2, 0.25) is 5.15 Å². The number of aromatic nitrogens is 1. The molecule has 7 nitrogen and oxygen atoms in total. The Balaban J connectivity index is 1.44. The molecular formula is C25H32ClN3O4. The molecule has 4 rings (SSSR count). The molecule has 0 saturated carbocycles. The molecule has 178 valence electrons. The van der Waals surface area contributed by atoms with Crippen LogP contribution in [0, 0.1) is 0 Å². The number of fused-ring (bicyclic) bond motifs is 3. The molecular weight excluding hydrogens is 442 g/mol. The number of carbonyl (C=O) groups excluding carboxylic acids is 2. The summed E-state index contributed by atoms with van der Waals surface area (Å²) < 4.78 is 11.1. The third-order valence-corrected chi connectivity index (χ3v) is 6.71. The first-order valence-electron chi connectivity index (χ1n) is 12.0. The van der Waals surface area contributed by atoms with Gasteiger partial charge in [-0.15, -0.1) is 0 Å². The number of carbonyl (C=O) groups is 2. The minimum atomic E-state index is 0.00693. The van der Waals surface area contributed by atoms with Crippen LogP contribution in [-0.2, 0) is 22.4 Å². The first kappa shape index (κ1) is 23.6. The number of halogens is 1. The Morgan fingerprint density at radius 1 is 1.09 bits per heavy atom. The lowest BCUT2D eigenvalue weighted by Gasteiger charge is -2.36. The third-order valence-electron chi connectivity index (χ3n) is 6.53. The zero-order valence-electron chi connectivity index (χ0n) is 19.0. The van der Waals surface area contributed by atoms with Gasteiger partial charge >= 0.3 is 0 Å². The van der Waals surface area contributed by atoms with Gasteiger partial charge in [-0.05, 0) is 56.2 Å². The van der Waals surface area contributed by atoms with Crippen LogP contribution in [0.15, 0.2) is 34.9 Å². The van der Waals surface area contributed by atoms with Crippen LogP contribution in [0.4, 0.5) is 0 Å². The first-order valence-corrected chi connectivity index (χ1v) is 12.4. The number of piperidine rings is 1. The molecule has 2 aliphatic rings. The Kier molecular flexibility index (Phi) is 8.26.